The molecule has 0 spiro atoms. The maximum Gasteiger partial charge on any atom is 0.258 e. The van der Waals surface area contributed by atoms with Gasteiger partial charge in [-0.3, -0.25) is 4.79 Å². The largest absolute Gasteiger partial charge is 0.484 e. The summed E-state index contributed by atoms with van der Waals surface area (Å²) in [7, 11) is -3.14. The van der Waals surface area contributed by atoms with E-state index < -0.39 is 21.3 Å². The van der Waals surface area contributed by atoms with E-state index in [0.717, 1.165) is 0 Å². The Morgan fingerprint density at radius 3 is 2.58 bits per heavy atom. The number of alkyl halides is 1. The number of rotatable bonds is 4. The zero-order chi connectivity index (χ0) is 13.9. The number of carbonyl (C=O) groups excluding carboxylic acids is 1. The van der Waals surface area contributed by atoms with Crippen LogP contribution >= 0.6 is 11.6 Å². The quantitative estimate of drug-likeness (QED) is 0.826. The van der Waals surface area contributed by atoms with Gasteiger partial charge in [-0.1, -0.05) is 18.2 Å². The van der Waals surface area contributed by atoms with E-state index in [9.17, 15) is 13.2 Å². The van der Waals surface area contributed by atoms with Gasteiger partial charge in [0, 0.05) is 0 Å². The van der Waals surface area contributed by atoms with Crippen LogP contribution in [-0.4, -0.2) is 43.9 Å². The van der Waals surface area contributed by atoms with Crippen molar-refractivity contribution in [2.75, 3.05) is 18.1 Å². The van der Waals surface area contributed by atoms with Crippen molar-refractivity contribution in [1.29, 1.82) is 0 Å². The van der Waals surface area contributed by atoms with E-state index in [4.69, 9.17) is 16.3 Å². The molecular weight excluding hydrogens is 290 g/mol. The highest BCUT2D eigenvalue weighted by atomic mass is 35.5. The van der Waals surface area contributed by atoms with Crippen molar-refractivity contribution >= 4 is 27.3 Å². The molecule has 1 aliphatic heterocycles. The molecule has 0 bridgehead atoms. The van der Waals surface area contributed by atoms with Crippen molar-refractivity contribution in [3.05, 3.63) is 30.3 Å². The van der Waals surface area contributed by atoms with Gasteiger partial charge in [-0.25, -0.2) is 8.42 Å². The van der Waals surface area contributed by atoms with Gasteiger partial charge in [0.1, 0.15) is 5.75 Å². The number of amides is 1. The second-order valence-electron chi connectivity index (χ2n) is 4.37. The molecule has 1 aromatic carbocycles. The molecule has 0 aromatic heterocycles. The lowest BCUT2D eigenvalue weighted by atomic mass is 10.2. The van der Waals surface area contributed by atoms with Crippen molar-refractivity contribution in [2.24, 2.45) is 0 Å². The Morgan fingerprint density at radius 2 is 2.00 bits per heavy atom. The molecule has 1 heterocycles. The van der Waals surface area contributed by atoms with Crippen LogP contribution in [0.15, 0.2) is 30.3 Å². The van der Waals surface area contributed by atoms with Gasteiger partial charge in [0.2, 0.25) is 0 Å². The summed E-state index contributed by atoms with van der Waals surface area (Å²) in [6.07, 6.45) is 0. The van der Waals surface area contributed by atoms with Crippen LogP contribution in [0, 0.1) is 0 Å². The summed E-state index contributed by atoms with van der Waals surface area (Å²) in [6, 6.07) is 8.36. The second-order valence-corrected chi connectivity index (χ2v) is 7.08. The number of hydrogen-bond acceptors (Lipinski definition) is 4. The van der Waals surface area contributed by atoms with Crippen molar-refractivity contribution in [2.45, 2.75) is 11.4 Å². The van der Waals surface area contributed by atoms with Gasteiger partial charge in [0.25, 0.3) is 5.91 Å². The number of sulfone groups is 1. The fraction of sp³-hybridized carbons (Fsp3) is 0.417. The van der Waals surface area contributed by atoms with Crippen molar-refractivity contribution in [3.63, 3.8) is 0 Å². The summed E-state index contributed by atoms with van der Waals surface area (Å²) in [4.78, 5) is 11.6. The van der Waals surface area contributed by atoms with Gasteiger partial charge < -0.3 is 10.1 Å². The molecule has 7 heteroatoms. The molecule has 1 saturated heterocycles. The number of hydrogen-bond donors (Lipinski definition) is 1. The molecule has 1 aliphatic rings. The van der Waals surface area contributed by atoms with Crippen LogP contribution in [0.4, 0.5) is 0 Å². The number of carbonyl (C=O) groups is 1. The van der Waals surface area contributed by atoms with Gasteiger partial charge in [-0.2, -0.15) is 0 Å². The summed E-state index contributed by atoms with van der Waals surface area (Å²) in [5, 5.41) is 2.00. The first-order valence-electron chi connectivity index (χ1n) is 5.78. The minimum absolute atomic E-state index is 0.0982. The standard InChI is InChI=1S/C12H14ClNO4S/c13-10-7-19(16,17)8-11(10)14-12(15)6-18-9-4-2-1-3-5-9/h1-5,10-11H,6-8H2,(H,14,15)/t10-,11+/m1/s1. The summed E-state index contributed by atoms with van der Waals surface area (Å²) in [5.74, 6) is -0.00665. The highest BCUT2D eigenvalue weighted by Gasteiger charge is 2.37. The van der Waals surface area contributed by atoms with Crippen molar-refractivity contribution < 1.29 is 17.9 Å². The van der Waals surface area contributed by atoms with E-state index in [1.54, 1.807) is 24.3 Å². The topological polar surface area (TPSA) is 72.5 Å². The molecule has 0 aliphatic carbocycles. The SMILES string of the molecule is O=C(COc1ccccc1)N[C@H]1CS(=O)(=O)C[C@H]1Cl. The molecule has 0 unspecified atom stereocenters. The number of nitrogens with one attached hydrogen (secondary N) is 1. The minimum atomic E-state index is -3.14. The molecule has 2 atom stereocenters. The van der Waals surface area contributed by atoms with Crippen LogP contribution in [0.3, 0.4) is 0 Å². The molecule has 1 N–H and O–H groups in total. The lowest BCUT2D eigenvalue weighted by molar-refractivity contribution is -0.123. The molecule has 104 valence electrons. The average molecular weight is 304 g/mol. The van der Waals surface area contributed by atoms with E-state index in [1.165, 1.54) is 0 Å². The van der Waals surface area contributed by atoms with Crippen molar-refractivity contribution in [3.8, 4) is 5.75 Å². The predicted molar refractivity (Wildman–Crippen MR) is 72.2 cm³/mol. The van der Waals surface area contributed by atoms with E-state index in [2.05, 4.69) is 5.32 Å². The highest BCUT2D eigenvalue weighted by Crippen LogP contribution is 2.18. The Labute approximate surface area is 116 Å². The second kappa shape index (κ2) is 5.79. The molecule has 1 fully saturated rings. The highest BCUT2D eigenvalue weighted by molar-refractivity contribution is 7.91. The van der Waals surface area contributed by atoms with Gasteiger partial charge in [-0.15, -0.1) is 11.6 Å². The Morgan fingerprint density at radius 1 is 1.32 bits per heavy atom. The van der Waals surface area contributed by atoms with Crippen LogP contribution in [0.5, 0.6) is 5.75 Å². The molecule has 1 aromatic rings. The Bertz CT molecular complexity index is 546. The van der Waals surface area contributed by atoms with Crippen LogP contribution in [0.2, 0.25) is 0 Å². The summed E-state index contributed by atoms with van der Waals surface area (Å²) >= 11 is 5.89. The van der Waals surface area contributed by atoms with Crippen LogP contribution in [0.25, 0.3) is 0 Å². The van der Waals surface area contributed by atoms with Gasteiger partial charge >= 0.3 is 0 Å². The maximum atomic E-state index is 11.6. The Kier molecular flexibility index (Phi) is 4.31. The zero-order valence-electron chi connectivity index (χ0n) is 10.1. The maximum absolute atomic E-state index is 11.6. The monoisotopic (exact) mass is 303 g/mol. The molecule has 5 nitrogen and oxygen atoms in total. The Hall–Kier alpha value is -1.27. The fourth-order valence-corrected chi connectivity index (χ4v) is 4.40. The number of benzene rings is 1. The third-order valence-corrected chi connectivity index (χ3v) is 5.12. The summed E-state index contributed by atoms with van der Waals surface area (Å²) in [5.41, 5.74) is 0. The molecule has 0 radical (unpaired) electrons. The van der Waals surface area contributed by atoms with E-state index in [0.29, 0.717) is 5.75 Å². The van der Waals surface area contributed by atoms with E-state index >= 15 is 0 Å². The molecule has 19 heavy (non-hydrogen) atoms. The van der Waals surface area contributed by atoms with E-state index in [1.807, 2.05) is 6.07 Å². The Balaban J connectivity index is 1.82. The van der Waals surface area contributed by atoms with Crippen LogP contribution < -0.4 is 10.1 Å². The van der Waals surface area contributed by atoms with Crippen LogP contribution in [-0.2, 0) is 14.6 Å². The first-order valence-corrected chi connectivity index (χ1v) is 8.04. The van der Waals surface area contributed by atoms with Crippen LogP contribution in [0.1, 0.15) is 0 Å². The predicted octanol–water partition coefficient (Wildman–Crippen LogP) is 0.586. The van der Waals surface area contributed by atoms with Gasteiger partial charge in [-0.05, 0) is 12.1 Å². The van der Waals surface area contributed by atoms with Gasteiger partial charge in [0.05, 0.1) is 22.9 Å². The minimum Gasteiger partial charge on any atom is -0.484 e. The zero-order valence-corrected chi connectivity index (χ0v) is 11.7. The molecular formula is C12H14ClNO4S. The summed E-state index contributed by atoms with van der Waals surface area (Å²) < 4.78 is 28.0. The fourth-order valence-electron chi connectivity index (χ4n) is 1.85. The third kappa shape index (κ3) is 4.11. The number of halogens is 1. The number of ether oxygens (including phenoxy) is 1. The smallest absolute Gasteiger partial charge is 0.258 e. The third-order valence-electron chi connectivity index (χ3n) is 2.74. The molecule has 2 rings (SSSR count). The first kappa shape index (κ1) is 14.1. The normalized spacial score (nSPS) is 24.9. The lowest BCUT2D eigenvalue weighted by Gasteiger charge is -2.14. The van der Waals surface area contributed by atoms with Gasteiger partial charge in [0.15, 0.2) is 16.4 Å². The van der Waals surface area contributed by atoms with E-state index in [-0.39, 0.29) is 24.0 Å². The summed E-state index contributed by atoms with van der Waals surface area (Å²) in [6.45, 7) is -0.163. The molecule has 0 saturated carbocycles. The first-order chi connectivity index (χ1) is 8.96. The average Bonchev–Trinajstić information content (AvgIpc) is 2.61. The lowest BCUT2D eigenvalue weighted by Crippen LogP contribution is -2.42. The number of para-hydroxylation sites is 1. The van der Waals surface area contributed by atoms with Crippen molar-refractivity contribution in [1.82, 2.24) is 5.32 Å². The molecule has 1 amide bonds.